The summed E-state index contributed by atoms with van der Waals surface area (Å²) < 4.78 is 63.5. The fourth-order valence-electron chi connectivity index (χ4n) is 2.29. The van der Waals surface area contributed by atoms with Gasteiger partial charge < -0.3 is 5.32 Å². The molecule has 0 unspecified atom stereocenters. The van der Waals surface area contributed by atoms with Crippen molar-refractivity contribution in [1.82, 2.24) is 0 Å². The molecule has 0 atom stereocenters. The smallest absolute Gasteiger partial charge is 0.324 e. The minimum absolute atomic E-state index is 0.00721. The Morgan fingerprint density at radius 1 is 1.24 bits per heavy atom. The molecule has 8 nitrogen and oxygen atoms in total. The number of hydrogen-bond acceptors (Lipinski definition) is 5. The fourth-order valence-corrected chi connectivity index (χ4v) is 3.42. The Morgan fingerprint density at radius 3 is 2.45 bits per heavy atom. The number of halogens is 4. The van der Waals surface area contributed by atoms with E-state index >= 15 is 0 Å². The van der Waals surface area contributed by atoms with Crippen molar-refractivity contribution >= 4 is 44.6 Å². The van der Waals surface area contributed by atoms with E-state index < -0.39 is 44.8 Å². The number of hydrogen-bond donors (Lipinski definition) is 1. The number of anilines is 2. The van der Waals surface area contributed by atoms with Gasteiger partial charge in [-0.15, -0.1) is 0 Å². The molecule has 0 aromatic heterocycles. The first-order valence-corrected chi connectivity index (χ1v) is 9.90. The lowest BCUT2D eigenvalue weighted by molar-refractivity contribution is -0.384. The quantitative estimate of drug-likeness (QED) is 0.532. The first kappa shape index (κ1) is 22.4. The molecule has 0 aliphatic carbocycles. The number of amides is 1. The topological polar surface area (TPSA) is 110 Å². The normalized spacial score (nSPS) is 11.8. The largest absolute Gasteiger partial charge is 0.416 e. The van der Waals surface area contributed by atoms with Crippen LogP contribution in [0.5, 0.6) is 0 Å². The maximum absolute atomic E-state index is 13.0. The number of nitro groups is 1. The van der Waals surface area contributed by atoms with E-state index in [0.29, 0.717) is 22.7 Å². The van der Waals surface area contributed by atoms with Gasteiger partial charge in [0, 0.05) is 17.8 Å². The molecule has 156 valence electrons. The van der Waals surface area contributed by atoms with Gasteiger partial charge >= 0.3 is 6.18 Å². The van der Waals surface area contributed by atoms with Gasteiger partial charge in [-0.05, 0) is 24.3 Å². The van der Waals surface area contributed by atoms with E-state index in [-0.39, 0.29) is 16.4 Å². The van der Waals surface area contributed by atoms with Crippen molar-refractivity contribution in [3.8, 4) is 0 Å². The molecule has 0 heterocycles. The standard InChI is InChI=1S/C16H13ClF3N3O5S/c1-29(27,28)22(14-7-10(16(18,19)20)5-6-13(14)17)9-15(24)21-11-3-2-4-12(8-11)23(25)26/h2-8H,9H2,1H3,(H,21,24). The lowest BCUT2D eigenvalue weighted by atomic mass is 10.2. The molecule has 1 N–H and O–H groups in total. The van der Waals surface area contributed by atoms with E-state index in [4.69, 9.17) is 11.6 Å². The number of non-ortho nitro benzene ring substituents is 1. The maximum atomic E-state index is 13.0. The van der Waals surface area contributed by atoms with Gasteiger partial charge in [-0.25, -0.2) is 8.42 Å². The molecule has 0 aliphatic heterocycles. The van der Waals surface area contributed by atoms with Crippen LogP contribution in [0.15, 0.2) is 42.5 Å². The summed E-state index contributed by atoms with van der Waals surface area (Å²) in [7, 11) is -4.20. The lowest BCUT2D eigenvalue weighted by Crippen LogP contribution is -2.37. The second-order valence-electron chi connectivity index (χ2n) is 5.79. The zero-order chi connectivity index (χ0) is 22.0. The summed E-state index contributed by atoms with van der Waals surface area (Å²) in [6.07, 6.45) is -4.06. The Labute approximate surface area is 168 Å². The van der Waals surface area contributed by atoms with Gasteiger partial charge in [0.15, 0.2) is 0 Å². The van der Waals surface area contributed by atoms with Gasteiger partial charge in [0.2, 0.25) is 15.9 Å². The molecule has 0 radical (unpaired) electrons. The summed E-state index contributed by atoms with van der Waals surface area (Å²) in [5.41, 5.74) is -1.99. The van der Waals surface area contributed by atoms with Crippen LogP contribution in [-0.4, -0.2) is 32.0 Å². The summed E-state index contributed by atoms with van der Waals surface area (Å²) in [5, 5.41) is 12.7. The molecule has 29 heavy (non-hydrogen) atoms. The minimum atomic E-state index is -4.76. The van der Waals surface area contributed by atoms with Gasteiger partial charge in [-0.2, -0.15) is 13.2 Å². The molecule has 0 saturated heterocycles. The van der Waals surface area contributed by atoms with Crippen molar-refractivity contribution in [2.75, 3.05) is 22.4 Å². The number of nitro benzene ring substituents is 1. The molecule has 0 bridgehead atoms. The third kappa shape index (κ3) is 5.81. The predicted molar refractivity (Wildman–Crippen MR) is 100 cm³/mol. The van der Waals surface area contributed by atoms with Crippen LogP contribution >= 0.6 is 11.6 Å². The second-order valence-corrected chi connectivity index (χ2v) is 8.10. The zero-order valence-electron chi connectivity index (χ0n) is 14.6. The number of sulfonamides is 1. The van der Waals surface area contributed by atoms with E-state index in [1.807, 2.05) is 0 Å². The van der Waals surface area contributed by atoms with E-state index in [0.717, 1.165) is 12.1 Å². The van der Waals surface area contributed by atoms with Crippen LogP contribution in [0, 0.1) is 10.1 Å². The predicted octanol–water partition coefficient (Wildman–Crippen LogP) is 3.67. The lowest BCUT2D eigenvalue weighted by Gasteiger charge is -2.24. The Hall–Kier alpha value is -2.86. The van der Waals surface area contributed by atoms with Crippen molar-refractivity contribution in [1.29, 1.82) is 0 Å². The first-order chi connectivity index (χ1) is 13.3. The average molecular weight is 452 g/mol. The van der Waals surface area contributed by atoms with Gasteiger partial charge in [0.25, 0.3) is 5.69 Å². The summed E-state index contributed by atoms with van der Waals surface area (Å²) in [6.45, 7) is -0.900. The second kappa shape index (κ2) is 8.25. The Morgan fingerprint density at radius 2 is 1.90 bits per heavy atom. The van der Waals surface area contributed by atoms with Crippen LogP contribution in [0.3, 0.4) is 0 Å². The van der Waals surface area contributed by atoms with Gasteiger partial charge in [-0.3, -0.25) is 19.2 Å². The molecule has 0 spiro atoms. The number of alkyl halides is 3. The molecule has 0 fully saturated rings. The molecular weight excluding hydrogens is 439 g/mol. The van der Waals surface area contributed by atoms with Crippen LogP contribution in [-0.2, 0) is 21.0 Å². The van der Waals surface area contributed by atoms with Crippen molar-refractivity contribution < 1.29 is 31.3 Å². The summed E-state index contributed by atoms with van der Waals surface area (Å²) in [6, 6.07) is 6.91. The highest BCUT2D eigenvalue weighted by molar-refractivity contribution is 7.92. The van der Waals surface area contributed by atoms with Crippen LogP contribution < -0.4 is 9.62 Å². The van der Waals surface area contributed by atoms with Crippen molar-refractivity contribution in [3.63, 3.8) is 0 Å². The number of rotatable bonds is 6. The zero-order valence-corrected chi connectivity index (χ0v) is 16.2. The van der Waals surface area contributed by atoms with E-state index in [9.17, 15) is 36.5 Å². The highest BCUT2D eigenvalue weighted by atomic mass is 35.5. The number of benzene rings is 2. The number of nitrogens with one attached hydrogen (secondary N) is 1. The highest BCUT2D eigenvalue weighted by Gasteiger charge is 2.33. The third-order valence-electron chi connectivity index (χ3n) is 3.57. The third-order valence-corrected chi connectivity index (χ3v) is 5.02. The SMILES string of the molecule is CS(=O)(=O)N(CC(=O)Nc1cccc([N+](=O)[O-])c1)c1cc(C(F)(F)F)ccc1Cl. The van der Waals surface area contributed by atoms with Crippen molar-refractivity contribution in [2.24, 2.45) is 0 Å². The van der Waals surface area contributed by atoms with Gasteiger partial charge in [-0.1, -0.05) is 17.7 Å². The molecule has 1 amide bonds. The fraction of sp³-hybridized carbons (Fsp3) is 0.188. The molecule has 2 aromatic carbocycles. The highest BCUT2D eigenvalue weighted by Crippen LogP contribution is 2.36. The average Bonchev–Trinajstić information content (AvgIpc) is 2.58. The monoisotopic (exact) mass is 451 g/mol. The molecule has 13 heteroatoms. The molecule has 2 rings (SSSR count). The van der Waals surface area contributed by atoms with E-state index in [1.165, 1.54) is 18.2 Å². The first-order valence-electron chi connectivity index (χ1n) is 7.68. The maximum Gasteiger partial charge on any atom is 0.416 e. The van der Waals surface area contributed by atoms with Crippen LogP contribution in [0.1, 0.15) is 5.56 Å². The number of carbonyl (C=O) groups excluding carboxylic acids is 1. The molecule has 0 saturated carbocycles. The van der Waals surface area contributed by atoms with Crippen LogP contribution in [0.2, 0.25) is 5.02 Å². The number of carbonyl (C=O) groups is 1. The number of nitrogens with zero attached hydrogens (tertiary/aromatic N) is 2. The summed E-state index contributed by atoms with van der Waals surface area (Å²) in [4.78, 5) is 22.4. The summed E-state index contributed by atoms with van der Waals surface area (Å²) in [5.74, 6) is -0.940. The summed E-state index contributed by atoms with van der Waals surface area (Å²) >= 11 is 5.87. The molecule has 0 aliphatic rings. The van der Waals surface area contributed by atoms with Crippen LogP contribution in [0.4, 0.5) is 30.2 Å². The Balaban J connectivity index is 2.35. The van der Waals surface area contributed by atoms with Crippen molar-refractivity contribution in [2.45, 2.75) is 6.18 Å². The van der Waals surface area contributed by atoms with Crippen molar-refractivity contribution in [3.05, 3.63) is 63.2 Å². The Bertz CT molecular complexity index is 1060. The Kier molecular flexibility index (Phi) is 6.38. The van der Waals surface area contributed by atoms with Gasteiger partial charge in [0.1, 0.15) is 6.54 Å². The van der Waals surface area contributed by atoms with Gasteiger partial charge in [0.05, 0.1) is 27.5 Å². The van der Waals surface area contributed by atoms with E-state index in [2.05, 4.69) is 5.32 Å². The molecule has 2 aromatic rings. The van der Waals surface area contributed by atoms with E-state index in [1.54, 1.807) is 0 Å². The van der Waals surface area contributed by atoms with Crippen LogP contribution in [0.25, 0.3) is 0 Å². The molecular formula is C16H13ClF3N3O5S. The minimum Gasteiger partial charge on any atom is -0.324 e.